The normalized spacial score (nSPS) is 12.3. The van der Waals surface area contributed by atoms with Gasteiger partial charge in [-0.15, -0.1) is 0 Å². The van der Waals surface area contributed by atoms with Crippen molar-refractivity contribution in [2.75, 3.05) is 7.11 Å². The van der Waals surface area contributed by atoms with Crippen molar-refractivity contribution in [2.45, 2.75) is 18.9 Å². The van der Waals surface area contributed by atoms with Gasteiger partial charge in [-0.2, -0.15) is 26.3 Å². The number of fused-ring (bicyclic) bond motifs is 1. The third-order valence-electron chi connectivity index (χ3n) is 5.54. The van der Waals surface area contributed by atoms with E-state index in [2.05, 4.69) is 20.2 Å². The molecule has 0 aliphatic rings. The van der Waals surface area contributed by atoms with Crippen LogP contribution in [0.1, 0.15) is 16.9 Å². The topological polar surface area (TPSA) is 80.7 Å². The minimum absolute atomic E-state index is 0.00180. The quantitative estimate of drug-likeness (QED) is 0.239. The zero-order valence-corrected chi connectivity index (χ0v) is 18.9. The summed E-state index contributed by atoms with van der Waals surface area (Å²) < 4.78 is 91.2. The van der Waals surface area contributed by atoms with E-state index < -0.39 is 29.0 Å². The molecule has 37 heavy (non-hydrogen) atoms. The van der Waals surface area contributed by atoms with Crippen molar-refractivity contribution in [1.82, 2.24) is 20.2 Å². The summed E-state index contributed by atoms with van der Waals surface area (Å²) in [5.41, 5.74) is -1.60. The van der Waals surface area contributed by atoms with Gasteiger partial charge in [-0.3, -0.25) is 0 Å². The van der Waals surface area contributed by atoms with Gasteiger partial charge in [0.15, 0.2) is 0 Å². The lowest BCUT2D eigenvalue weighted by Gasteiger charge is -2.14. The molecular formula is C24H16F6N5O2+. The van der Waals surface area contributed by atoms with Crippen LogP contribution in [0, 0.1) is 0 Å². The highest BCUT2D eigenvalue weighted by Crippen LogP contribution is 2.40. The molecule has 0 radical (unpaired) electrons. The molecule has 0 atom stereocenters. The number of H-pyrrole nitrogens is 1. The van der Waals surface area contributed by atoms with Crippen molar-refractivity contribution >= 4 is 11.0 Å². The molecular weight excluding hydrogens is 504 g/mol. The molecule has 0 saturated heterocycles. The first-order chi connectivity index (χ1) is 17.5. The average molecular weight is 520 g/mol. The molecule has 0 bridgehead atoms. The summed E-state index contributed by atoms with van der Waals surface area (Å²) in [7, 11) is 1.57. The van der Waals surface area contributed by atoms with E-state index >= 15 is 0 Å². The first-order valence-corrected chi connectivity index (χ1v) is 10.7. The Morgan fingerprint density at radius 1 is 0.973 bits per heavy atom. The van der Waals surface area contributed by atoms with Gasteiger partial charge < -0.3 is 14.2 Å². The molecule has 7 nitrogen and oxygen atoms in total. The van der Waals surface area contributed by atoms with Crippen LogP contribution in [-0.4, -0.2) is 27.3 Å². The van der Waals surface area contributed by atoms with E-state index in [9.17, 15) is 26.3 Å². The van der Waals surface area contributed by atoms with Gasteiger partial charge in [0.25, 0.3) is 0 Å². The van der Waals surface area contributed by atoms with Gasteiger partial charge in [0, 0.05) is 17.2 Å². The van der Waals surface area contributed by atoms with Crippen molar-refractivity contribution in [1.29, 1.82) is 0 Å². The van der Waals surface area contributed by atoms with E-state index in [0.29, 0.717) is 28.7 Å². The number of methoxy groups -OCH3 is 1. The molecule has 2 aromatic carbocycles. The van der Waals surface area contributed by atoms with Gasteiger partial charge in [-0.25, -0.2) is 4.98 Å². The standard InChI is InChI=1S/C24H15F6N5O2/c1-36-15-5-2-13(3-6-15)22-32-20-10-31-35(12-21(20)33-22)11-16-9-19(34-37-16)17-7-4-14(23(25,26)27)8-18(17)24(28,29)30/h2-10,12H,11H2,1H3/p+1. The maximum absolute atomic E-state index is 13.5. The Morgan fingerprint density at radius 3 is 2.41 bits per heavy atom. The number of halogens is 6. The van der Waals surface area contributed by atoms with E-state index in [1.807, 2.05) is 12.1 Å². The van der Waals surface area contributed by atoms with E-state index in [4.69, 9.17) is 9.26 Å². The Morgan fingerprint density at radius 2 is 1.73 bits per heavy atom. The second-order valence-corrected chi connectivity index (χ2v) is 8.02. The molecule has 3 aromatic heterocycles. The minimum atomic E-state index is -5.03. The molecule has 5 rings (SSSR count). The number of imidazole rings is 1. The van der Waals surface area contributed by atoms with Crippen LogP contribution in [0.3, 0.4) is 0 Å². The highest BCUT2D eigenvalue weighted by Gasteiger charge is 2.39. The predicted octanol–water partition coefficient (Wildman–Crippen LogP) is 5.66. The van der Waals surface area contributed by atoms with Gasteiger partial charge >= 0.3 is 12.4 Å². The third kappa shape index (κ3) is 4.97. The summed E-state index contributed by atoms with van der Waals surface area (Å²) in [5.74, 6) is 1.44. The first-order valence-electron chi connectivity index (χ1n) is 10.7. The fraction of sp³-hybridized carbons (Fsp3) is 0.167. The van der Waals surface area contributed by atoms with Crippen molar-refractivity contribution in [3.8, 4) is 28.4 Å². The van der Waals surface area contributed by atoms with E-state index in [-0.39, 0.29) is 24.1 Å². The fourth-order valence-electron chi connectivity index (χ4n) is 3.73. The number of alkyl halides is 6. The lowest BCUT2D eigenvalue weighted by atomic mass is 10.0. The van der Waals surface area contributed by atoms with Crippen molar-refractivity contribution in [3.63, 3.8) is 0 Å². The van der Waals surface area contributed by atoms with Gasteiger partial charge in [0.05, 0.1) is 18.2 Å². The molecule has 0 fully saturated rings. The predicted molar refractivity (Wildman–Crippen MR) is 117 cm³/mol. The van der Waals surface area contributed by atoms with Gasteiger partial charge in [0.2, 0.25) is 18.5 Å². The number of benzene rings is 2. The number of aromatic nitrogens is 5. The lowest BCUT2D eigenvalue weighted by Crippen LogP contribution is -2.37. The maximum Gasteiger partial charge on any atom is 0.417 e. The largest absolute Gasteiger partial charge is 0.497 e. The molecule has 3 heterocycles. The van der Waals surface area contributed by atoms with Crippen LogP contribution < -0.4 is 9.42 Å². The molecule has 190 valence electrons. The molecule has 13 heteroatoms. The average Bonchev–Trinajstić information content (AvgIpc) is 3.49. The van der Waals surface area contributed by atoms with Crippen LogP contribution in [0.5, 0.6) is 5.75 Å². The van der Waals surface area contributed by atoms with Crippen molar-refractivity contribution < 1.29 is 40.3 Å². The molecule has 0 spiro atoms. The summed E-state index contributed by atoms with van der Waals surface area (Å²) >= 11 is 0. The molecule has 0 aliphatic carbocycles. The Kier molecular flexibility index (Phi) is 5.85. The van der Waals surface area contributed by atoms with Crippen LogP contribution >= 0.6 is 0 Å². The van der Waals surface area contributed by atoms with E-state index in [1.165, 1.54) is 16.9 Å². The van der Waals surface area contributed by atoms with Crippen molar-refractivity contribution in [3.05, 3.63) is 77.8 Å². The third-order valence-corrected chi connectivity index (χ3v) is 5.54. The Labute approximate surface area is 204 Å². The van der Waals surface area contributed by atoms with Crippen LogP contribution in [-0.2, 0) is 18.9 Å². The molecule has 0 amide bonds. The number of ether oxygens (including phenoxy) is 1. The van der Waals surface area contributed by atoms with Crippen LogP contribution in [0.2, 0.25) is 0 Å². The molecule has 5 aromatic rings. The first kappa shape index (κ1) is 24.3. The monoisotopic (exact) mass is 520 g/mol. The summed E-state index contributed by atoms with van der Waals surface area (Å²) in [5, 5.41) is 7.88. The number of nitrogens with one attached hydrogen (secondary N) is 1. The Balaban J connectivity index is 1.41. The molecule has 1 N–H and O–H groups in total. The summed E-state index contributed by atoms with van der Waals surface area (Å²) in [4.78, 5) is 7.66. The smallest absolute Gasteiger partial charge is 0.417 e. The van der Waals surface area contributed by atoms with Gasteiger partial charge in [-0.1, -0.05) is 15.9 Å². The number of hydrogen-bond donors (Lipinski definition) is 1. The fourth-order valence-corrected chi connectivity index (χ4v) is 3.73. The van der Waals surface area contributed by atoms with Crippen LogP contribution in [0.15, 0.2) is 65.4 Å². The summed E-state index contributed by atoms with van der Waals surface area (Å²) in [6, 6.07) is 9.86. The molecule has 0 aliphatic heterocycles. The van der Waals surface area contributed by atoms with Crippen LogP contribution in [0.4, 0.5) is 26.3 Å². The highest BCUT2D eigenvalue weighted by atomic mass is 19.4. The van der Waals surface area contributed by atoms with Gasteiger partial charge in [-0.05, 0) is 41.5 Å². The lowest BCUT2D eigenvalue weighted by molar-refractivity contribution is -0.746. The number of rotatable bonds is 5. The van der Waals surface area contributed by atoms with Crippen molar-refractivity contribution in [2.24, 2.45) is 0 Å². The van der Waals surface area contributed by atoms with E-state index in [0.717, 1.165) is 11.6 Å². The zero-order chi connectivity index (χ0) is 26.4. The highest BCUT2D eigenvalue weighted by molar-refractivity contribution is 5.77. The Hall–Kier alpha value is -4.42. The maximum atomic E-state index is 13.5. The Bertz CT molecular complexity index is 1570. The second kappa shape index (κ2) is 8.91. The SMILES string of the molecule is COc1ccc(-c2nc3cn[n+](Cc4cc(-c5ccc(C(F)(F)F)cc5C(F)(F)F)no4)cc3[nH]2)cc1. The number of aromatic amines is 1. The van der Waals surface area contributed by atoms with Gasteiger partial charge in [0.1, 0.15) is 34.5 Å². The number of hydrogen-bond acceptors (Lipinski definition) is 5. The van der Waals surface area contributed by atoms with E-state index in [1.54, 1.807) is 25.4 Å². The van der Waals surface area contributed by atoms with Crippen LogP contribution in [0.25, 0.3) is 33.7 Å². The number of nitrogens with zero attached hydrogens (tertiary/aromatic N) is 4. The summed E-state index contributed by atoms with van der Waals surface area (Å²) in [6.45, 7) is 0.00180. The second-order valence-electron chi connectivity index (χ2n) is 8.02. The summed E-state index contributed by atoms with van der Waals surface area (Å²) in [6.07, 6.45) is -6.81. The molecule has 0 saturated carbocycles. The minimum Gasteiger partial charge on any atom is -0.497 e. The molecule has 0 unspecified atom stereocenters. The zero-order valence-electron chi connectivity index (χ0n) is 18.9.